The van der Waals surface area contributed by atoms with Gasteiger partial charge >= 0.3 is 0 Å². The Morgan fingerprint density at radius 3 is 2.89 bits per heavy atom. The van der Waals surface area contributed by atoms with Crippen LogP contribution in [0.25, 0.3) is 0 Å². The van der Waals surface area contributed by atoms with Gasteiger partial charge in [0, 0.05) is 13.5 Å². The molecule has 0 N–H and O–H groups in total. The summed E-state index contributed by atoms with van der Waals surface area (Å²) in [5.74, 6) is 0.510. The van der Waals surface area contributed by atoms with Gasteiger partial charge in [0.2, 0.25) is 5.91 Å². The first-order valence-electron chi connectivity index (χ1n) is 6.36. The molecule has 0 spiro atoms. The van der Waals surface area contributed by atoms with Crippen LogP contribution in [0.2, 0.25) is 5.02 Å². The van der Waals surface area contributed by atoms with Gasteiger partial charge in [0.1, 0.15) is 0 Å². The molecule has 3 heteroatoms. The Bertz CT molecular complexity index is 456. The lowest BCUT2D eigenvalue weighted by molar-refractivity contribution is -0.119. The number of carbonyl (C=O) groups is 1. The summed E-state index contributed by atoms with van der Waals surface area (Å²) in [6.45, 7) is 0. The van der Waals surface area contributed by atoms with E-state index in [1.54, 1.807) is 18.0 Å². The van der Waals surface area contributed by atoms with Crippen molar-refractivity contribution >= 4 is 23.2 Å². The average molecular weight is 264 g/mol. The number of hydrogen-bond acceptors (Lipinski definition) is 1. The first-order chi connectivity index (χ1) is 8.68. The second-order valence-electron chi connectivity index (χ2n) is 4.73. The van der Waals surface area contributed by atoms with E-state index in [2.05, 4.69) is 12.2 Å². The molecular weight excluding hydrogens is 246 g/mol. The maximum absolute atomic E-state index is 12.2. The van der Waals surface area contributed by atoms with Gasteiger partial charge in [-0.25, -0.2) is 0 Å². The Morgan fingerprint density at radius 1 is 1.44 bits per heavy atom. The van der Waals surface area contributed by atoms with Gasteiger partial charge < -0.3 is 4.90 Å². The summed E-state index contributed by atoms with van der Waals surface area (Å²) in [7, 11) is 1.79. The van der Waals surface area contributed by atoms with Crippen molar-refractivity contribution in [2.45, 2.75) is 25.7 Å². The van der Waals surface area contributed by atoms with E-state index in [0.717, 1.165) is 18.5 Å². The lowest BCUT2D eigenvalue weighted by Gasteiger charge is -2.22. The molecule has 0 bridgehead atoms. The molecule has 1 aliphatic rings. The molecule has 1 unspecified atom stereocenters. The molecule has 2 nitrogen and oxygen atoms in total. The summed E-state index contributed by atoms with van der Waals surface area (Å²) in [6.07, 6.45) is 8.35. The zero-order valence-corrected chi connectivity index (χ0v) is 11.4. The van der Waals surface area contributed by atoms with Crippen LogP contribution < -0.4 is 4.90 Å². The van der Waals surface area contributed by atoms with Gasteiger partial charge in [-0.05, 0) is 37.3 Å². The molecule has 96 valence electrons. The van der Waals surface area contributed by atoms with Crippen molar-refractivity contribution in [2.24, 2.45) is 5.92 Å². The molecular formula is C15H18ClNO. The fourth-order valence-corrected chi connectivity index (χ4v) is 2.53. The van der Waals surface area contributed by atoms with Crippen LogP contribution in [0.15, 0.2) is 36.4 Å². The number of anilines is 1. The highest BCUT2D eigenvalue weighted by atomic mass is 35.5. The van der Waals surface area contributed by atoms with Gasteiger partial charge in [0.15, 0.2) is 0 Å². The maximum Gasteiger partial charge on any atom is 0.227 e. The molecule has 1 aliphatic carbocycles. The number of carbonyl (C=O) groups excluding carboxylic acids is 1. The van der Waals surface area contributed by atoms with E-state index in [9.17, 15) is 4.79 Å². The maximum atomic E-state index is 12.2. The number of nitrogens with zero attached hydrogens (tertiary/aromatic N) is 1. The van der Waals surface area contributed by atoms with Crippen LogP contribution in [0, 0.1) is 5.92 Å². The Labute approximate surface area is 113 Å². The molecule has 1 amide bonds. The van der Waals surface area contributed by atoms with Crippen LogP contribution >= 0.6 is 11.6 Å². The number of para-hydroxylation sites is 1. The smallest absolute Gasteiger partial charge is 0.227 e. The van der Waals surface area contributed by atoms with Crippen molar-refractivity contribution in [3.05, 3.63) is 41.4 Å². The van der Waals surface area contributed by atoms with Crippen LogP contribution in [0.3, 0.4) is 0 Å². The summed E-state index contributed by atoms with van der Waals surface area (Å²) >= 11 is 6.10. The van der Waals surface area contributed by atoms with Gasteiger partial charge in [-0.15, -0.1) is 0 Å². The number of allylic oxidation sites excluding steroid dienone is 2. The summed E-state index contributed by atoms with van der Waals surface area (Å²) in [6, 6.07) is 7.44. The third kappa shape index (κ3) is 3.14. The summed E-state index contributed by atoms with van der Waals surface area (Å²) in [4.78, 5) is 13.9. The first-order valence-corrected chi connectivity index (χ1v) is 6.74. The minimum atomic E-state index is 0.125. The quantitative estimate of drug-likeness (QED) is 0.754. The molecule has 0 aliphatic heterocycles. The molecule has 0 aromatic heterocycles. The van der Waals surface area contributed by atoms with Crippen LogP contribution in [-0.4, -0.2) is 13.0 Å². The minimum Gasteiger partial charge on any atom is -0.314 e. The SMILES string of the molecule is CN(C(=O)CC1C=CCCC1)c1ccccc1Cl. The van der Waals surface area contributed by atoms with E-state index < -0.39 is 0 Å². The third-order valence-electron chi connectivity index (χ3n) is 3.38. The zero-order chi connectivity index (χ0) is 13.0. The van der Waals surface area contributed by atoms with Crippen molar-refractivity contribution in [1.82, 2.24) is 0 Å². The van der Waals surface area contributed by atoms with Gasteiger partial charge in [-0.1, -0.05) is 35.9 Å². The van der Waals surface area contributed by atoms with Gasteiger partial charge in [-0.3, -0.25) is 4.79 Å². The molecule has 0 fully saturated rings. The molecule has 0 saturated carbocycles. The standard InChI is InChI=1S/C15H18ClNO/c1-17(14-10-6-5-9-13(14)16)15(18)11-12-7-3-2-4-8-12/h3,5-7,9-10,12H,2,4,8,11H2,1H3. The van der Waals surface area contributed by atoms with Gasteiger partial charge in [0.05, 0.1) is 10.7 Å². The molecule has 1 aromatic rings. The lowest BCUT2D eigenvalue weighted by Crippen LogP contribution is -2.28. The van der Waals surface area contributed by atoms with E-state index in [-0.39, 0.29) is 5.91 Å². The van der Waals surface area contributed by atoms with E-state index in [4.69, 9.17) is 11.6 Å². The molecule has 0 radical (unpaired) electrons. The fraction of sp³-hybridized carbons (Fsp3) is 0.400. The van der Waals surface area contributed by atoms with E-state index in [1.165, 1.54) is 6.42 Å². The molecule has 2 rings (SSSR count). The normalized spacial score (nSPS) is 18.7. The molecule has 18 heavy (non-hydrogen) atoms. The van der Waals surface area contributed by atoms with E-state index >= 15 is 0 Å². The first kappa shape index (κ1) is 13.2. The summed E-state index contributed by atoms with van der Waals surface area (Å²) < 4.78 is 0. The van der Waals surface area contributed by atoms with Crippen molar-refractivity contribution in [3.63, 3.8) is 0 Å². The van der Waals surface area contributed by atoms with Crippen molar-refractivity contribution in [1.29, 1.82) is 0 Å². The van der Waals surface area contributed by atoms with Crippen LogP contribution in [0.1, 0.15) is 25.7 Å². The van der Waals surface area contributed by atoms with Crippen LogP contribution in [0.4, 0.5) is 5.69 Å². The Balaban J connectivity index is 2.02. The second-order valence-corrected chi connectivity index (χ2v) is 5.13. The average Bonchev–Trinajstić information content (AvgIpc) is 2.39. The highest BCUT2D eigenvalue weighted by molar-refractivity contribution is 6.33. The van der Waals surface area contributed by atoms with Gasteiger partial charge in [-0.2, -0.15) is 0 Å². The van der Waals surface area contributed by atoms with Crippen molar-refractivity contribution < 1.29 is 4.79 Å². The third-order valence-corrected chi connectivity index (χ3v) is 3.70. The monoisotopic (exact) mass is 263 g/mol. The summed E-state index contributed by atoms with van der Waals surface area (Å²) in [5.41, 5.74) is 0.781. The highest BCUT2D eigenvalue weighted by Gasteiger charge is 2.18. The predicted molar refractivity (Wildman–Crippen MR) is 76.0 cm³/mol. The number of hydrogen-bond donors (Lipinski definition) is 0. The topological polar surface area (TPSA) is 20.3 Å². The highest BCUT2D eigenvalue weighted by Crippen LogP contribution is 2.26. The van der Waals surface area contributed by atoms with Crippen molar-refractivity contribution in [2.75, 3.05) is 11.9 Å². The van der Waals surface area contributed by atoms with Crippen LogP contribution in [-0.2, 0) is 4.79 Å². The van der Waals surface area contributed by atoms with Gasteiger partial charge in [0.25, 0.3) is 0 Å². The van der Waals surface area contributed by atoms with Crippen molar-refractivity contribution in [3.8, 4) is 0 Å². The Kier molecular flexibility index (Phi) is 4.43. The Morgan fingerprint density at radius 2 is 2.22 bits per heavy atom. The minimum absolute atomic E-state index is 0.125. The molecule has 1 atom stereocenters. The Hall–Kier alpha value is -1.28. The largest absolute Gasteiger partial charge is 0.314 e. The second kappa shape index (κ2) is 6.05. The number of halogens is 1. The zero-order valence-electron chi connectivity index (χ0n) is 10.6. The molecule has 1 aromatic carbocycles. The lowest BCUT2D eigenvalue weighted by atomic mass is 9.92. The fourth-order valence-electron chi connectivity index (χ4n) is 2.27. The number of rotatable bonds is 3. The van der Waals surface area contributed by atoms with E-state index in [0.29, 0.717) is 17.4 Å². The molecule has 0 saturated heterocycles. The van der Waals surface area contributed by atoms with E-state index in [1.807, 2.05) is 18.2 Å². The predicted octanol–water partition coefficient (Wildman–Crippen LogP) is 4.05. The number of benzene rings is 1. The summed E-state index contributed by atoms with van der Waals surface area (Å²) in [5, 5.41) is 0.618. The molecule has 0 heterocycles. The van der Waals surface area contributed by atoms with Crippen LogP contribution in [0.5, 0.6) is 0 Å². The number of amides is 1.